The van der Waals surface area contributed by atoms with Gasteiger partial charge in [0.1, 0.15) is 0 Å². The predicted molar refractivity (Wildman–Crippen MR) is 109 cm³/mol. The molecule has 0 N–H and O–H groups in total. The maximum absolute atomic E-state index is 12.7. The fourth-order valence-corrected chi connectivity index (χ4v) is 4.78. The summed E-state index contributed by atoms with van der Waals surface area (Å²) in [6.07, 6.45) is 7.20. The molecule has 0 bridgehead atoms. The number of piperazine rings is 1. The van der Waals surface area contributed by atoms with E-state index < -0.39 is 10.0 Å². The van der Waals surface area contributed by atoms with E-state index in [0.717, 1.165) is 5.56 Å². The Morgan fingerprint density at radius 3 is 2.07 bits per heavy atom. The number of allylic oxidation sites excluding steroid dienone is 5. The van der Waals surface area contributed by atoms with Gasteiger partial charge in [-0.05, 0) is 30.0 Å². The fraction of sp³-hybridized carbons (Fsp3) is 0.227. The second-order valence-corrected chi connectivity index (χ2v) is 8.50. The van der Waals surface area contributed by atoms with Crippen LogP contribution in [-0.2, 0) is 27.1 Å². The molecule has 0 saturated carbocycles. The van der Waals surface area contributed by atoms with Gasteiger partial charge in [0.25, 0.3) is 0 Å². The van der Waals surface area contributed by atoms with Crippen molar-refractivity contribution >= 4 is 10.0 Å². The maximum atomic E-state index is 12.7. The Morgan fingerprint density at radius 2 is 1.55 bits per heavy atom. The summed E-state index contributed by atoms with van der Waals surface area (Å²) in [5, 5.41) is 12.3. The van der Waals surface area contributed by atoms with Gasteiger partial charge < -0.3 is 10.0 Å². The molecule has 154 valence electrons. The van der Waals surface area contributed by atoms with Gasteiger partial charge in [0.05, 0.1) is 4.90 Å². The van der Waals surface area contributed by atoms with Crippen LogP contribution < -0.4 is 5.11 Å². The van der Waals surface area contributed by atoms with Crippen molar-refractivity contribution in [3.05, 3.63) is 95.9 Å². The summed E-state index contributed by atoms with van der Waals surface area (Å²) in [5.41, 5.74) is 1.39. The Kier molecular flexibility index (Phi) is 8.41. The molecule has 0 atom stereocenters. The number of benzene rings is 1. The van der Waals surface area contributed by atoms with Crippen molar-refractivity contribution in [2.24, 2.45) is 0 Å². The van der Waals surface area contributed by atoms with Crippen molar-refractivity contribution in [3.8, 4) is 0 Å². The van der Waals surface area contributed by atoms with E-state index in [9.17, 15) is 13.5 Å². The SMILES string of the molecule is Cc1ccccc1S(=O)(=O)N1CCN(C([O-])=C2C=CC=C2)CC1.[Fe+2].c1cc[cH-]c1. The molecule has 0 aromatic heterocycles. The van der Waals surface area contributed by atoms with Crippen LogP contribution in [0.25, 0.3) is 0 Å². The molecule has 1 heterocycles. The third-order valence-corrected chi connectivity index (χ3v) is 6.76. The first kappa shape index (κ1) is 23.1. The van der Waals surface area contributed by atoms with Crippen molar-refractivity contribution in [2.75, 3.05) is 26.2 Å². The standard InChI is InChI=1S/C17H20N2O3S.C5H5.Fe/c1-14-6-2-5-9-16(14)23(21,22)19-12-10-18(11-13-19)17(20)15-7-3-4-8-15;1-2-4-5-3-1;/h2-9,20H,10-13H2,1H3;1-5H;/q;-1;+2/p-1. The quantitative estimate of drug-likeness (QED) is 0.408. The van der Waals surface area contributed by atoms with Crippen molar-refractivity contribution in [3.63, 3.8) is 0 Å². The van der Waals surface area contributed by atoms with E-state index in [4.69, 9.17) is 0 Å². The van der Waals surface area contributed by atoms with Gasteiger partial charge in [-0.1, -0.05) is 42.5 Å². The first-order chi connectivity index (χ1) is 13.5. The van der Waals surface area contributed by atoms with Crippen molar-refractivity contribution in [1.29, 1.82) is 0 Å². The van der Waals surface area contributed by atoms with Crippen LogP contribution in [0.4, 0.5) is 0 Å². The molecule has 1 saturated heterocycles. The molecule has 29 heavy (non-hydrogen) atoms. The molecular formula is C22H24FeN2O3S. The minimum atomic E-state index is -3.50. The summed E-state index contributed by atoms with van der Waals surface area (Å²) >= 11 is 0. The van der Waals surface area contributed by atoms with E-state index >= 15 is 0 Å². The molecule has 0 unspecified atom stereocenters. The van der Waals surface area contributed by atoms with Crippen LogP contribution in [0.3, 0.4) is 0 Å². The average Bonchev–Trinajstić information content (AvgIpc) is 3.44. The van der Waals surface area contributed by atoms with Crippen LogP contribution in [0.2, 0.25) is 0 Å². The Hall–Kier alpha value is -2.18. The molecule has 2 aromatic rings. The largest absolute Gasteiger partial charge is 2.00 e. The first-order valence-corrected chi connectivity index (χ1v) is 10.7. The third kappa shape index (κ3) is 5.67. The third-order valence-electron chi connectivity index (χ3n) is 4.70. The van der Waals surface area contributed by atoms with Crippen molar-refractivity contribution in [1.82, 2.24) is 9.21 Å². The van der Waals surface area contributed by atoms with Crippen LogP contribution in [0, 0.1) is 6.92 Å². The number of sulfonamides is 1. The zero-order valence-corrected chi connectivity index (χ0v) is 18.1. The molecular weight excluding hydrogens is 428 g/mol. The topological polar surface area (TPSA) is 63.7 Å². The summed E-state index contributed by atoms with van der Waals surface area (Å²) < 4.78 is 26.9. The fourth-order valence-electron chi connectivity index (χ4n) is 3.14. The number of hydrogen-bond donors (Lipinski definition) is 0. The van der Waals surface area contributed by atoms with E-state index in [2.05, 4.69) is 0 Å². The number of hydrogen-bond acceptors (Lipinski definition) is 4. The number of aryl methyl sites for hydroxylation is 1. The Morgan fingerprint density at radius 1 is 0.966 bits per heavy atom. The van der Waals surface area contributed by atoms with Crippen molar-refractivity contribution < 1.29 is 30.6 Å². The van der Waals surface area contributed by atoms with Gasteiger partial charge in [-0.15, -0.1) is 0 Å². The molecule has 5 nitrogen and oxygen atoms in total. The molecule has 0 amide bonds. The average molecular weight is 452 g/mol. The van der Waals surface area contributed by atoms with Crippen molar-refractivity contribution in [2.45, 2.75) is 11.8 Å². The van der Waals surface area contributed by atoms with Crippen LogP contribution in [-0.4, -0.2) is 43.8 Å². The molecule has 4 rings (SSSR count). The first-order valence-electron chi connectivity index (χ1n) is 9.23. The zero-order chi connectivity index (χ0) is 20.0. The van der Waals surface area contributed by atoms with Gasteiger partial charge in [-0.2, -0.15) is 22.5 Å². The van der Waals surface area contributed by atoms with Crippen LogP contribution >= 0.6 is 0 Å². The van der Waals surface area contributed by atoms with Gasteiger partial charge in [0.2, 0.25) is 10.0 Å². The summed E-state index contributed by atoms with van der Waals surface area (Å²) in [5.74, 6) is -0.0389. The minimum absolute atomic E-state index is 0. The minimum Gasteiger partial charge on any atom is -0.860 e. The second kappa shape index (κ2) is 10.6. The van der Waals surface area contributed by atoms with E-state index in [0.29, 0.717) is 36.6 Å². The van der Waals surface area contributed by atoms with Gasteiger partial charge >= 0.3 is 17.1 Å². The molecule has 1 fully saturated rings. The van der Waals surface area contributed by atoms with Crippen LogP contribution in [0.15, 0.2) is 95.3 Å². The van der Waals surface area contributed by atoms with Crippen LogP contribution in [0.5, 0.6) is 0 Å². The zero-order valence-electron chi connectivity index (χ0n) is 16.2. The molecule has 2 aromatic carbocycles. The molecule has 1 aliphatic carbocycles. The number of rotatable bonds is 3. The molecule has 0 spiro atoms. The Balaban J connectivity index is 0.000000437. The molecule has 1 aliphatic heterocycles. The molecule has 0 radical (unpaired) electrons. The Bertz CT molecular complexity index is 940. The van der Waals surface area contributed by atoms with Gasteiger partial charge in [0.15, 0.2) is 0 Å². The number of nitrogens with zero attached hydrogens (tertiary/aromatic N) is 2. The van der Waals surface area contributed by atoms with E-state index in [1.54, 1.807) is 42.2 Å². The molecule has 7 heteroatoms. The monoisotopic (exact) mass is 452 g/mol. The van der Waals surface area contributed by atoms with Gasteiger partial charge in [-0.3, -0.25) is 0 Å². The normalized spacial score (nSPS) is 16.2. The maximum Gasteiger partial charge on any atom is 2.00 e. The van der Waals surface area contributed by atoms with Crippen LogP contribution in [0.1, 0.15) is 5.56 Å². The van der Waals surface area contributed by atoms with E-state index in [1.165, 1.54) is 4.31 Å². The summed E-state index contributed by atoms with van der Waals surface area (Å²) in [4.78, 5) is 2.05. The Labute approximate surface area is 183 Å². The van der Waals surface area contributed by atoms with Gasteiger partial charge in [0, 0.05) is 26.2 Å². The summed E-state index contributed by atoms with van der Waals surface area (Å²) in [6, 6.07) is 17.0. The smallest absolute Gasteiger partial charge is 0.860 e. The second-order valence-electron chi connectivity index (χ2n) is 6.60. The predicted octanol–water partition coefficient (Wildman–Crippen LogP) is 2.40. The summed E-state index contributed by atoms with van der Waals surface area (Å²) in [6.45, 7) is 3.26. The van der Waals surface area contributed by atoms with Gasteiger partial charge in [-0.25, -0.2) is 20.6 Å². The summed E-state index contributed by atoms with van der Waals surface area (Å²) in [7, 11) is -3.50. The van der Waals surface area contributed by atoms with E-state index in [1.807, 2.05) is 48.6 Å². The van der Waals surface area contributed by atoms with E-state index in [-0.39, 0.29) is 23.0 Å². The molecule has 2 aliphatic rings.